The third-order valence-electron chi connectivity index (χ3n) is 3.30. The van der Waals surface area contributed by atoms with Crippen LogP contribution in [0.5, 0.6) is 0 Å². The molecule has 100 valence electrons. The van der Waals surface area contributed by atoms with Gasteiger partial charge in [-0.3, -0.25) is 0 Å². The number of hydrogen-bond donors (Lipinski definition) is 1. The van der Waals surface area contributed by atoms with Gasteiger partial charge in [0.25, 0.3) is 0 Å². The second-order valence-corrected chi connectivity index (χ2v) is 4.59. The first kappa shape index (κ1) is 13.5. The molecule has 1 heterocycles. The molecule has 0 aliphatic carbocycles. The largest absolute Gasteiger partial charge is 0.383 e. The Bertz CT molecular complexity index is 355. The lowest BCUT2D eigenvalue weighted by Crippen LogP contribution is -2.27. The van der Waals surface area contributed by atoms with Gasteiger partial charge in [0.2, 0.25) is 0 Å². The van der Waals surface area contributed by atoms with Crippen LogP contribution in [0.2, 0.25) is 0 Å². The molecule has 0 amide bonds. The van der Waals surface area contributed by atoms with Crippen molar-refractivity contribution in [2.45, 2.75) is 12.5 Å². The number of benzene rings is 1. The van der Waals surface area contributed by atoms with E-state index in [-0.39, 0.29) is 11.9 Å². The molecular formula is C14H20FNO2. The summed E-state index contributed by atoms with van der Waals surface area (Å²) in [5.41, 5.74) is 1.06. The van der Waals surface area contributed by atoms with Crippen molar-refractivity contribution in [3.05, 3.63) is 35.6 Å². The molecule has 3 nitrogen and oxygen atoms in total. The highest BCUT2D eigenvalue weighted by Crippen LogP contribution is 2.33. The van der Waals surface area contributed by atoms with Crippen molar-refractivity contribution in [1.82, 2.24) is 5.32 Å². The minimum absolute atomic E-state index is 0.0839. The van der Waals surface area contributed by atoms with Crippen molar-refractivity contribution < 1.29 is 13.9 Å². The molecule has 1 fully saturated rings. The maximum absolute atomic E-state index is 12.9. The normalized spacial score (nSPS) is 23.4. The van der Waals surface area contributed by atoms with Gasteiger partial charge in [0.15, 0.2) is 0 Å². The van der Waals surface area contributed by atoms with E-state index in [0.717, 1.165) is 38.3 Å². The summed E-state index contributed by atoms with van der Waals surface area (Å²) in [6.45, 7) is 3.25. The molecule has 1 N–H and O–H groups in total. The van der Waals surface area contributed by atoms with Crippen LogP contribution in [0, 0.1) is 11.7 Å². The topological polar surface area (TPSA) is 30.5 Å². The molecule has 1 aliphatic heterocycles. The Labute approximate surface area is 107 Å². The van der Waals surface area contributed by atoms with Gasteiger partial charge in [-0.05, 0) is 24.1 Å². The second-order valence-electron chi connectivity index (χ2n) is 4.59. The van der Waals surface area contributed by atoms with Crippen molar-refractivity contribution in [3.8, 4) is 0 Å². The van der Waals surface area contributed by atoms with Gasteiger partial charge in [-0.2, -0.15) is 0 Å². The Morgan fingerprint density at radius 2 is 2.17 bits per heavy atom. The van der Waals surface area contributed by atoms with E-state index >= 15 is 0 Å². The molecule has 0 spiro atoms. The molecule has 1 saturated heterocycles. The molecule has 0 bridgehead atoms. The van der Waals surface area contributed by atoms with Crippen LogP contribution in [0.1, 0.15) is 18.1 Å². The molecule has 0 saturated carbocycles. The fraction of sp³-hybridized carbons (Fsp3) is 0.571. The van der Waals surface area contributed by atoms with Crippen molar-refractivity contribution >= 4 is 0 Å². The third-order valence-corrected chi connectivity index (χ3v) is 3.30. The Kier molecular flexibility index (Phi) is 5.11. The zero-order chi connectivity index (χ0) is 12.8. The molecule has 2 atom stereocenters. The van der Waals surface area contributed by atoms with Gasteiger partial charge in [-0.25, -0.2) is 4.39 Å². The van der Waals surface area contributed by atoms with Gasteiger partial charge >= 0.3 is 0 Å². The standard InChI is InChI=1S/C14H20FNO2/c1-17-9-7-16-10-12-6-8-18-14(12)11-2-4-13(15)5-3-11/h2-5,12,14,16H,6-10H2,1H3. The highest BCUT2D eigenvalue weighted by molar-refractivity contribution is 5.20. The first-order valence-corrected chi connectivity index (χ1v) is 6.38. The van der Waals surface area contributed by atoms with Gasteiger partial charge < -0.3 is 14.8 Å². The van der Waals surface area contributed by atoms with Crippen LogP contribution >= 0.6 is 0 Å². The number of hydrogen-bond acceptors (Lipinski definition) is 3. The highest BCUT2D eigenvalue weighted by Gasteiger charge is 2.29. The molecule has 1 aliphatic rings. The Hall–Kier alpha value is -0.970. The molecule has 0 aromatic heterocycles. The zero-order valence-electron chi connectivity index (χ0n) is 10.7. The highest BCUT2D eigenvalue weighted by atomic mass is 19.1. The molecule has 2 unspecified atom stereocenters. The van der Waals surface area contributed by atoms with Gasteiger partial charge in [0.05, 0.1) is 12.7 Å². The van der Waals surface area contributed by atoms with E-state index in [0.29, 0.717) is 5.92 Å². The predicted molar refractivity (Wildman–Crippen MR) is 67.9 cm³/mol. The molecule has 1 aromatic rings. The second kappa shape index (κ2) is 6.83. The van der Waals surface area contributed by atoms with Crippen LogP contribution in [0.15, 0.2) is 24.3 Å². The van der Waals surface area contributed by atoms with Crippen molar-refractivity contribution in [3.63, 3.8) is 0 Å². The summed E-state index contributed by atoms with van der Waals surface area (Å²) in [7, 11) is 1.70. The first-order valence-electron chi connectivity index (χ1n) is 6.38. The van der Waals surface area contributed by atoms with Crippen molar-refractivity contribution in [1.29, 1.82) is 0 Å². The van der Waals surface area contributed by atoms with Gasteiger partial charge in [-0.1, -0.05) is 12.1 Å². The molecule has 2 rings (SSSR count). The fourth-order valence-corrected chi connectivity index (χ4v) is 2.33. The van der Waals surface area contributed by atoms with E-state index in [1.54, 1.807) is 7.11 Å². The third kappa shape index (κ3) is 3.51. The van der Waals surface area contributed by atoms with Crippen LogP contribution in [-0.2, 0) is 9.47 Å². The minimum Gasteiger partial charge on any atom is -0.383 e. The lowest BCUT2D eigenvalue weighted by atomic mass is 9.95. The number of halogens is 1. The Balaban J connectivity index is 1.88. The van der Waals surface area contributed by atoms with Gasteiger partial charge in [-0.15, -0.1) is 0 Å². The number of nitrogens with one attached hydrogen (secondary N) is 1. The molecular weight excluding hydrogens is 233 g/mol. The lowest BCUT2D eigenvalue weighted by molar-refractivity contribution is 0.0898. The zero-order valence-corrected chi connectivity index (χ0v) is 10.7. The quantitative estimate of drug-likeness (QED) is 0.788. The SMILES string of the molecule is COCCNCC1CCOC1c1ccc(F)cc1. The summed E-state index contributed by atoms with van der Waals surface area (Å²) in [4.78, 5) is 0. The smallest absolute Gasteiger partial charge is 0.123 e. The van der Waals surface area contributed by atoms with Crippen LogP contribution in [0.25, 0.3) is 0 Å². The number of methoxy groups -OCH3 is 1. The Morgan fingerprint density at radius 1 is 1.39 bits per heavy atom. The summed E-state index contributed by atoms with van der Waals surface area (Å²) >= 11 is 0. The van der Waals surface area contributed by atoms with Gasteiger partial charge in [0, 0.05) is 32.7 Å². The molecule has 0 radical (unpaired) electrons. The number of rotatable bonds is 6. The van der Waals surface area contributed by atoms with E-state index in [4.69, 9.17) is 9.47 Å². The summed E-state index contributed by atoms with van der Waals surface area (Å²) in [5.74, 6) is 0.249. The summed E-state index contributed by atoms with van der Waals surface area (Å²) in [5, 5.41) is 3.36. The van der Waals surface area contributed by atoms with Crippen LogP contribution in [-0.4, -0.2) is 33.4 Å². The minimum atomic E-state index is -0.202. The van der Waals surface area contributed by atoms with Crippen LogP contribution in [0.3, 0.4) is 0 Å². The molecule has 4 heteroatoms. The average Bonchev–Trinajstić information content (AvgIpc) is 2.84. The van der Waals surface area contributed by atoms with E-state index in [1.165, 1.54) is 12.1 Å². The van der Waals surface area contributed by atoms with E-state index in [9.17, 15) is 4.39 Å². The summed E-state index contributed by atoms with van der Waals surface area (Å²) < 4.78 is 23.6. The predicted octanol–water partition coefficient (Wildman–Crippen LogP) is 2.14. The summed E-state index contributed by atoms with van der Waals surface area (Å²) in [6, 6.07) is 6.61. The summed E-state index contributed by atoms with van der Waals surface area (Å²) in [6.07, 6.45) is 1.13. The Morgan fingerprint density at radius 3 is 2.89 bits per heavy atom. The van der Waals surface area contributed by atoms with Gasteiger partial charge in [0.1, 0.15) is 5.82 Å². The van der Waals surface area contributed by atoms with Crippen LogP contribution in [0.4, 0.5) is 4.39 Å². The van der Waals surface area contributed by atoms with E-state index in [1.807, 2.05) is 12.1 Å². The maximum atomic E-state index is 12.9. The maximum Gasteiger partial charge on any atom is 0.123 e. The monoisotopic (exact) mass is 253 g/mol. The van der Waals surface area contributed by atoms with Crippen molar-refractivity contribution in [2.24, 2.45) is 5.92 Å². The van der Waals surface area contributed by atoms with Crippen molar-refractivity contribution in [2.75, 3.05) is 33.4 Å². The molecule has 1 aromatic carbocycles. The lowest BCUT2D eigenvalue weighted by Gasteiger charge is -2.19. The van der Waals surface area contributed by atoms with Crippen LogP contribution < -0.4 is 5.32 Å². The average molecular weight is 253 g/mol. The van der Waals surface area contributed by atoms with E-state index in [2.05, 4.69) is 5.32 Å². The molecule has 18 heavy (non-hydrogen) atoms. The van der Waals surface area contributed by atoms with E-state index < -0.39 is 0 Å². The first-order chi connectivity index (χ1) is 8.81. The fourth-order valence-electron chi connectivity index (χ4n) is 2.33. The number of ether oxygens (including phenoxy) is 2.